The van der Waals surface area contributed by atoms with Crippen molar-refractivity contribution in [2.45, 2.75) is 37.4 Å². The van der Waals surface area contributed by atoms with Gasteiger partial charge in [0.2, 0.25) is 0 Å². The molecular weight excluding hydrogens is 272 g/mol. The molecule has 108 valence electrons. The van der Waals surface area contributed by atoms with E-state index in [1.165, 1.54) is 17.5 Å². The van der Waals surface area contributed by atoms with E-state index >= 15 is 0 Å². The van der Waals surface area contributed by atoms with Crippen molar-refractivity contribution in [2.24, 2.45) is 0 Å². The Morgan fingerprint density at radius 3 is 2.75 bits per heavy atom. The molecule has 0 N–H and O–H groups in total. The number of fused-ring (bicyclic) bond motifs is 1. The van der Waals surface area contributed by atoms with Crippen LogP contribution in [0.2, 0.25) is 0 Å². The topological polar surface area (TPSA) is 43.4 Å². The summed E-state index contributed by atoms with van der Waals surface area (Å²) >= 11 is 0. The maximum Gasteiger partial charge on any atom is 0.175 e. The number of Topliss-reactive ketones (excluding diaryl/α,β-unsaturated/α-hetero) is 1. The Hall–Kier alpha value is -1.00. The van der Waals surface area contributed by atoms with E-state index in [1.807, 2.05) is 12.1 Å². The summed E-state index contributed by atoms with van der Waals surface area (Å²) in [7, 11) is -1.06. The molecule has 1 heterocycles. The van der Waals surface area contributed by atoms with Crippen LogP contribution in [0, 0.1) is 0 Å². The fraction of sp³-hybridized carbons (Fsp3) is 0.562. The van der Waals surface area contributed by atoms with E-state index in [-0.39, 0.29) is 16.8 Å². The molecule has 1 aromatic rings. The molecule has 4 heteroatoms. The first kappa shape index (κ1) is 14.0. The molecule has 1 atom stereocenters. The fourth-order valence-electron chi connectivity index (χ4n) is 3.01. The number of ketones is 1. The number of rotatable bonds is 4. The van der Waals surface area contributed by atoms with Gasteiger partial charge in [0.1, 0.15) is 0 Å². The molecule has 0 aromatic heterocycles. The molecule has 1 saturated heterocycles. The number of hydrogen-bond acceptors (Lipinski definition) is 3. The van der Waals surface area contributed by atoms with Crippen LogP contribution >= 0.6 is 0 Å². The number of ether oxygens (including phenoxy) is 1. The van der Waals surface area contributed by atoms with Gasteiger partial charge >= 0.3 is 0 Å². The van der Waals surface area contributed by atoms with E-state index in [4.69, 9.17) is 4.74 Å². The minimum Gasteiger partial charge on any atom is -0.381 e. The number of benzene rings is 1. The molecule has 20 heavy (non-hydrogen) atoms. The lowest BCUT2D eigenvalue weighted by Crippen LogP contribution is -2.28. The maximum absolute atomic E-state index is 12.3. The van der Waals surface area contributed by atoms with Gasteiger partial charge in [-0.15, -0.1) is 0 Å². The summed E-state index contributed by atoms with van der Waals surface area (Å²) in [4.78, 5) is 12.3. The Labute approximate surface area is 122 Å². The molecule has 3 rings (SSSR count). The second-order valence-electron chi connectivity index (χ2n) is 5.60. The third-order valence-electron chi connectivity index (χ3n) is 4.23. The van der Waals surface area contributed by atoms with Gasteiger partial charge in [0.25, 0.3) is 0 Å². The lowest BCUT2D eigenvalue weighted by molar-refractivity contribution is 0.0980. The average molecular weight is 292 g/mol. The first-order chi connectivity index (χ1) is 9.74. The summed E-state index contributed by atoms with van der Waals surface area (Å²) in [6.45, 7) is 1.34. The van der Waals surface area contributed by atoms with Gasteiger partial charge in [-0.3, -0.25) is 9.00 Å². The molecular formula is C16H20O3S. The van der Waals surface area contributed by atoms with Crippen molar-refractivity contribution in [3.63, 3.8) is 0 Å². The SMILES string of the molecule is O=C(CS(=O)C1CCOCC1)c1ccc2c(c1)CCC2. The Balaban J connectivity index is 1.65. The quantitative estimate of drug-likeness (QED) is 0.800. The Kier molecular flexibility index (Phi) is 4.32. The standard InChI is InChI=1S/C16H20O3S/c17-16(11-20(18)15-6-8-19-9-7-15)14-5-4-12-2-1-3-13(12)10-14/h4-5,10,15H,1-3,6-9,11H2. The molecule has 1 aliphatic heterocycles. The van der Waals surface area contributed by atoms with Crippen molar-refractivity contribution in [1.82, 2.24) is 0 Å². The van der Waals surface area contributed by atoms with Gasteiger partial charge in [-0.05, 0) is 49.3 Å². The zero-order chi connectivity index (χ0) is 13.9. The van der Waals surface area contributed by atoms with Crippen LogP contribution in [0.4, 0.5) is 0 Å². The van der Waals surface area contributed by atoms with Gasteiger partial charge in [-0.1, -0.05) is 12.1 Å². The third-order valence-corrected chi connectivity index (χ3v) is 6.00. The van der Waals surface area contributed by atoms with Crippen molar-refractivity contribution in [1.29, 1.82) is 0 Å². The van der Waals surface area contributed by atoms with Crippen LogP contribution in [0.1, 0.15) is 40.7 Å². The van der Waals surface area contributed by atoms with Crippen LogP contribution < -0.4 is 0 Å². The lowest BCUT2D eigenvalue weighted by Gasteiger charge is -2.21. The second kappa shape index (κ2) is 6.19. The Morgan fingerprint density at radius 1 is 1.20 bits per heavy atom. The maximum atomic E-state index is 12.3. The van der Waals surface area contributed by atoms with Crippen LogP contribution in [0.15, 0.2) is 18.2 Å². The van der Waals surface area contributed by atoms with E-state index in [0.29, 0.717) is 13.2 Å². The molecule has 2 aliphatic rings. The van der Waals surface area contributed by atoms with E-state index in [2.05, 4.69) is 6.07 Å². The molecule has 1 unspecified atom stereocenters. The first-order valence-electron chi connectivity index (χ1n) is 7.34. The zero-order valence-corrected chi connectivity index (χ0v) is 12.4. The normalized spacial score (nSPS) is 20.6. The van der Waals surface area contributed by atoms with Gasteiger partial charge in [-0.2, -0.15) is 0 Å². The van der Waals surface area contributed by atoms with Crippen molar-refractivity contribution in [3.05, 3.63) is 34.9 Å². The van der Waals surface area contributed by atoms with Crippen LogP contribution in [0.3, 0.4) is 0 Å². The smallest absolute Gasteiger partial charge is 0.175 e. The molecule has 1 aliphatic carbocycles. The van der Waals surface area contributed by atoms with Crippen molar-refractivity contribution >= 4 is 16.6 Å². The molecule has 1 fully saturated rings. The number of carbonyl (C=O) groups is 1. The fourth-order valence-corrected chi connectivity index (χ4v) is 4.39. The highest BCUT2D eigenvalue weighted by atomic mass is 32.2. The minimum atomic E-state index is -1.06. The first-order valence-corrected chi connectivity index (χ1v) is 8.72. The molecule has 0 bridgehead atoms. The molecule has 3 nitrogen and oxygen atoms in total. The minimum absolute atomic E-state index is 0.0181. The van der Waals surface area contributed by atoms with Crippen LogP contribution in [0.25, 0.3) is 0 Å². The predicted octanol–water partition coefficient (Wildman–Crippen LogP) is 2.29. The molecule has 0 spiro atoms. The van der Waals surface area contributed by atoms with Crippen LogP contribution in [-0.2, 0) is 28.4 Å². The summed E-state index contributed by atoms with van der Waals surface area (Å²) in [6, 6.07) is 5.96. The van der Waals surface area contributed by atoms with Crippen LogP contribution in [0.5, 0.6) is 0 Å². The summed E-state index contributed by atoms with van der Waals surface area (Å²) in [5.41, 5.74) is 3.39. The molecule has 0 amide bonds. The lowest BCUT2D eigenvalue weighted by atomic mass is 10.0. The summed E-state index contributed by atoms with van der Waals surface area (Å²) < 4.78 is 17.5. The number of carbonyl (C=O) groups excluding carboxylic acids is 1. The van der Waals surface area contributed by atoms with E-state index in [0.717, 1.165) is 31.2 Å². The summed E-state index contributed by atoms with van der Waals surface area (Å²) in [5, 5.41) is 0.127. The highest BCUT2D eigenvalue weighted by Gasteiger charge is 2.23. The molecule has 0 radical (unpaired) electrons. The largest absolute Gasteiger partial charge is 0.381 e. The van der Waals surface area contributed by atoms with Crippen molar-refractivity contribution < 1.29 is 13.7 Å². The van der Waals surface area contributed by atoms with Crippen molar-refractivity contribution in [2.75, 3.05) is 19.0 Å². The van der Waals surface area contributed by atoms with E-state index in [9.17, 15) is 9.00 Å². The highest BCUT2D eigenvalue weighted by Crippen LogP contribution is 2.23. The van der Waals surface area contributed by atoms with Crippen LogP contribution in [-0.4, -0.2) is 34.2 Å². The third kappa shape index (κ3) is 3.01. The average Bonchev–Trinajstić information content (AvgIpc) is 2.95. The Bertz CT molecular complexity index is 533. The second-order valence-corrected chi connectivity index (χ2v) is 7.31. The predicted molar refractivity (Wildman–Crippen MR) is 79.6 cm³/mol. The zero-order valence-electron chi connectivity index (χ0n) is 11.6. The van der Waals surface area contributed by atoms with E-state index < -0.39 is 10.8 Å². The van der Waals surface area contributed by atoms with E-state index in [1.54, 1.807) is 0 Å². The van der Waals surface area contributed by atoms with Gasteiger partial charge in [0, 0.05) is 34.8 Å². The molecule has 0 saturated carbocycles. The van der Waals surface area contributed by atoms with Gasteiger partial charge < -0.3 is 4.74 Å². The number of hydrogen-bond donors (Lipinski definition) is 0. The highest BCUT2D eigenvalue weighted by molar-refractivity contribution is 7.86. The summed E-state index contributed by atoms with van der Waals surface area (Å²) in [6.07, 6.45) is 4.99. The van der Waals surface area contributed by atoms with Gasteiger partial charge in [-0.25, -0.2) is 0 Å². The Morgan fingerprint density at radius 2 is 1.95 bits per heavy atom. The summed E-state index contributed by atoms with van der Waals surface area (Å²) in [5.74, 6) is 0.174. The molecule has 1 aromatic carbocycles. The van der Waals surface area contributed by atoms with Gasteiger partial charge in [0.05, 0.1) is 5.75 Å². The van der Waals surface area contributed by atoms with Gasteiger partial charge in [0.15, 0.2) is 5.78 Å². The monoisotopic (exact) mass is 292 g/mol. The van der Waals surface area contributed by atoms with Crippen molar-refractivity contribution in [3.8, 4) is 0 Å². The number of aryl methyl sites for hydroxylation is 2.